The van der Waals surface area contributed by atoms with Crippen molar-refractivity contribution in [3.63, 3.8) is 0 Å². The van der Waals surface area contributed by atoms with Crippen LogP contribution in [0.2, 0.25) is 0 Å². The van der Waals surface area contributed by atoms with Crippen LogP contribution in [0.15, 0.2) is 11.6 Å². The maximum absolute atomic E-state index is 13.9. The van der Waals surface area contributed by atoms with Gasteiger partial charge in [-0.05, 0) is 132 Å². The third kappa shape index (κ3) is 10.2. The van der Waals surface area contributed by atoms with E-state index in [4.69, 9.17) is 22.8 Å². The molecule has 1 amide bonds. The first-order valence-corrected chi connectivity index (χ1v) is 24.1. The minimum absolute atomic E-state index is 0.135. The van der Waals surface area contributed by atoms with Crippen molar-refractivity contribution in [2.75, 3.05) is 20.3 Å². The second kappa shape index (κ2) is 18.8. The molecular formula is C42H73N2O9P2+. The maximum Gasteiger partial charge on any atom is 0.697 e. The molecule has 0 radical (unpaired) electrons. The Morgan fingerprint density at radius 3 is 2.33 bits per heavy atom. The molecule has 13 heteroatoms. The fourth-order valence-electron chi connectivity index (χ4n) is 11.6. The fraction of sp³-hybridized carbons (Fsp3) is 0.905. The first-order valence-electron chi connectivity index (χ1n) is 21.5. The molecule has 1 N–H and O–H groups in total. The van der Waals surface area contributed by atoms with Crippen LogP contribution in [0, 0.1) is 46.3 Å². The van der Waals surface area contributed by atoms with Crippen molar-refractivity contribution in [2.45, 2.75) is 176 Å². The number of allylic oxidation sites excluding steroid dienone is 1. The molecule has 4 fully saturated rings. The van der Waals surface area contributed by atoms with Gasteiger partial charge < -0.3 is 10.1 Å². The van der Waals surface area contributed by atoms with Crippen LogP contribution in [0.25, 0.3) is 0 Å². The maximum atomic E-state index is 13.9. The SMILES string of the molecule is COC(=O)[C@H](CO[P+](=O)O[C@H]1CC[C@@]2(C)C(=CC[C@H]3[C@@H]4CC[C@H]([C@H](C)CCCC(C)C)[C@@]4(C)CC[C@@H]32)C1)NC(=O)[C@@H]1CCCN1P(=O)(OC(C)C)OC(C)C. The van der Waals surface area contributed by atoms with Crippen LogP contribution in [0.5, 0.6) is 0 Å². The highest BCUT2D eigenvalue weighted by molar-refractivity contribution is 7.51. The highest BCUT2D eigenvalue weighted by Crippen LogP contribution is 2.67. The van der Waals surface area contributed by atoms with Gasteiger partial charge in [0, 0.05) is 17.5 Å². The van der Waals surface area contributed by atoms with E-state index in [1.807, 2.05) is 0 Å². The number of carbonyl (C=O) groups excluding carboxylic acids is 2. The van der Waals surface area contributed by atoms with E-state index in [0.29, 0.717) is 30.7 Å². The summed E-state index contributed by atoms with van der Waals surface area (Å²) in [5.41, 5.74) is 2.02. The largest absolute Gasteiger partial charge is 0.697 e. The molecule has 11 atom stereocenters. The summed E-state index contributed by atoms with van der Waals surface area (Å²) in [6, 6.07) is -2.08. The Balaban J connectivity index is 1.15. The van der Waals surface area contributed by atoms with E-state index in [2.05, 4.69) is 46.0 Å². The minimum atomic E-state index is -3.81. The lowest BCUT2D eigenvalue weighted by Crippen LogP contribution is -2.51. The monoisotopic (exact) mass is 811 g/mol. The van der Waals surface area contributed by atoms with Crippen LogP contribution in [-0.2, 0) is 41.6 Å². The van der Waals surface area contributed by atoms with E-state index >= 15 is 0 Å². The summed E-state index contributed by atoms with van der Waals surface area (Å²) in [6.45, 7) is 19.3. The van der Waals surface area contributed by atoms with Gasteiger partial charge in [0.05, 0.1) is 25.4 Å². The second-order valence-electron chi connectivity index (χ2n) is 19.0. The lowest BCUT2D eigenvalue weighted by molar-refractivity contribution is -0.146. The lowest BCUT2D eigenvalue weighted by Gasteiger charge is -2.58. The Kier molecular flexibility index (Phi) is 15.4. The third-order valence-corrected chi connectivity index (χ3v) is 17.5. The quantitative estimate of drug-likeness (QED) is 0.0811. The number of amides is 1. The molecule has 5 rings (SSSR count). The average Bonchev–Trinajstić information content (AvgIpc) is 3.75. The lowest BCUT2D eigenvalue weighted by atomic mass is 9.47. The average molecular weight is 812 g/mol. The summed E-state index contributed by atoms with van der Waals surface area (Å²) in [6.07, 6.45) is 15.5. The topological polar surface area (TPSA) is 130 Å². The van der Waals surface area contributed by atoms with Crippen molar-refractivity contribution in [3.05, 3.63) is 11.6 Å². The summed E-state index contributed by atoms with van der Waals surface area (Å²) in [4.78, 5) is 26.3. The van der Waals surface area contributed by atoms with Crippen LogP contribution >= 0.6 is 16.0 Å². The van der Waals surface area contributed by atoms with Crippen LogP contribution in [-0.4, -0.2) is 67.2 Å². The number of hydrogen-bond donors (Lipinski definition) is 1. The van der Waals surface area contributed by atoms with E-state index in [9.17, 15) is 18.7 Å². The van der Waals surface area contributed by atoms with E-state index in [0.717, 1.165) is 55.3 Å². The molecule has 4 aliphatic carbocycles. The Morgan fingerprint density at radius 2 is 1.67 bits per heavy atom. The Labute approximate surface area is 333 Å². The van der Waals surface area contributed by atoms with E-state index < -0.39 is 58.8 Å². The molecule has 1 heterocycles. The Hall–Kier alpha value is -1.19. The van der Waals surface area contributed by atoms with Crippen LogP contribution in [0.1, 0.15) is 146 Å². The smallest absolute Gasteiger partial charge is 0.467 e. The van der Waals surface area contributed by atoms with Crippen molar-refractivity contribution >= 4 is 27.9 Å². The molecule has 11 nitrogen and oxygen atoms in total. The van der Waals surface area contributed by atoms with Crippen molar-refractivity contribution in [3.8, 4) is 0 Å². The van der Waals surface area contributed by atoms with Crippen LogP contribution in [0.4, 0.5) is 0 Å². The molecule has 0 bridgehead atoms. The summed E-state index contributed by atoms with van der Waals surface area (Å²) < 4.78 is 56.6. The summed E-state index contributed by atoms with van der Waals surface area (Å²) in [7, 11) is -5.16. The molecule has 55 heavy (non-hydrogen) atoms. The Bertz CT molecular complexity index is 1420. The van der Waals surface area contributed by atoms with E-state index in [1.165, 1.54) is 62.3 Å². The van der Waals surface area contributed by atoms with Gasteiger partial charge in [0.25, 0.3) is 0 Å². The van der Waals surface area contributed by atoms with Crippen LogP contribution in [0.3, 0.4) is 0 Å². The number of hydrogen-bond acceptors (Lipinski definition) is 9. The van der Waals surface area contributed by atoms with Gasteiger partial charge in [-0.25, -0.2) is 9.36 Å². The predicted octanol–water partition coefficient (Wildman–Crippen LogP) is 10.2. The van der Waals surface area contributed by atoms with Crippen LogP contribution < -0.4 is 5.32 Å². The molecule has 0 spiro atoms. The standard InChI is InChI=1S/C42H72N2O9P2/c1-27(2)13-11-14-30(7)34-18-19-35-33-17-16-31-25-32(20-22-41(31,8)36(33)21-23-42(34,35)9)51-54(47)50-26-37(40(46)49-10)43-39(45)38-15-12-24-44(38)55(48,52-28(3)4)53-29(5)6/h16,27-30,32-38H,11-15,17-26H2,1-10H3/p+1/t30-,32+,33+,34-,35+,36+,37+,38+,41+,42-/m1/s1. The number of methoxy groups -OCH3 is 1. The zero-order valence-electron chi connectivity index (χ0n) is 35.6. The summed E-state index contributed by atoms with van der Waals surface area (Å²) in [5, 5.41) is 2.68. The normalized spacial score (nSPS) is 33.8. The molecule has 1 aliphatic heterocycles. The molecule has 3 saturated carbocycles. The number of esters is 1. The number of carbonyl (C=O) groups is 2. The van der Waals surface area contributed by atoms with Gasteiger partial charge in [0.15, 0.2) is 6.04 Å². The van der Waals surface area contributed by atoms with Gasteiger partial charge in [-0.3, -0.25) is 13.8 Å². The molecule has 0 aromatic carbocycles. The van der Waals surface area contributed by atoms with Crippen molar-refractivity contribution in [1.29, 1.82) is 0 Å². The number of nitrogens with one attached hydrogen (secondary N) is 1. The van der Waals surface area contributed by atoms with E-state index in [1.54, 1.807) is 27.7 Å². The molecule has 0 aromatic rings. The molecule has 1 saturated heterocycles. The highest BCUT2D eigenvalue weighted by atomic mass is 31.2. The summed E-state index contributed by atoms with van der Waals surface area (Å²) in [5.74, 6) is 3.34. The molecule has 5 aliphatic rings. The minimum Gasteiger partial charge on any atom is -0.467 e. The third-order valence-electron chi connectivity index (χ3n) is 14.2. The molecular weight excluding hydrogens is 738 g/mol. The Morgan fingerprint density at radius 1 is 0.964 bits per heavy atom. The zero-order valence-corrected chi connectivity index (χ0v) is 37.3. The fourth-order valence-corrected chi connectivity index (χ4v) is 14.7. The van der Waals surface area contributed by atoms with Gasteiger partial charge in [0.2, 0.25) is 5.91 Å². The van der Waals surface area contributed by atoms with Crippen molar-refractivity contribution < 1.29 is 41.6 Å². The first kappa shape index (κ1) is 44.9. The molecule has 314 valence electrons. The highest BCUT2D eigenvalue weighted by Gasteiger charge is 2.59. The van der Waals surface area contributed by atoms with Gasteiger partial charge >= 0.3 is 22.0 Å². The van der Waals surface area contributed by atoms with Crippen molar-refractivity contribution in [1.82, 2.24) is 9.99 Å². The zero-order chi connectivity index (χ0) is 40.3. The van der Waals surface area contributed by atoms with Gasteiger partial charge in [-0.1, -0.05) is 65.5 Å². The number of ether oxygens (including phenoxy) is 1. The van der Waals surface area contributed by atoms with Gasteiger partial charge in [0.1, 0.15) is 12.7 Å². The number of rotatable bonds is 18. The van der Waals surface area contributed by atoms with Crippen molar-refractivity contribution in [2.24, 2.45) is 46.3 Å². The first-order chi connectivity index (χ1) is 25.9. The van der Waals surface area contributed by atoms with Gasteiger partial charge in [-0.2, -0.15) is 4.67 Å². The second-order valence-corrected chi connectivity index (χ2v) is 21.8. The number of fused-ring (bicyclic) bond motifs is 5. The van der Waals surface area contributed by atoms with E-state index in [-0.39, 0.29) is 11.5 Å². The number of nitrogens with zero attached hydrogens (tertiary/aromatic N) is 1. The van der Waals surface area contributed by atoms with Gasteiger partial charge in [-0.15, -0.1) is 9.05 Å². The molecule has 1 unspecified atom stereocenters. The summed E-state index contributed by atoms with van der Waals surface area (Å²) >= 11 is 0. The molecule has 0 aromatic heterocycles. The predicted molar refractivity (Wildman–Crippen MR) is 215 cm³/mol.